The molecule has 1 amide bonds. The molecule has 0 bridgehead atoms. The highest BCUT2D eigenvalue weighted by Gasteiger charge is 2.26. The maximum Gasteiger partial charge on any atom is 0.270 e. The van der Waals surface area contributed by atoms with Crippen LogP contribution in [0.1, 0.15) is 41.4 Å². The van der Waals surface area contributed by atoms with Crippen molar-refractivity contribution in [2.45, 2.75) is 32.2 Å². The molecule has 2 aromatic heterocycles. The second-order valence-corrected chi connectivity index (χ2v) is 5.44. The number of amides is 1. The van der Waals surface area contributed by atoms with Crippen molar-refractivity contribution in [1.82, 2.24) is 14.9 Å². The molecule has 1 N–H and O–H groups in total. The molecule has 0 aromatic carbocycles. The van der Waals surface area contributed by atoms with Crippen LogP contribution in [0, 0.1) is 0 Å². The number of likely N-dealkylation sites (tertiary alicyclic amines) is 1. The van der Waals surface area contributed by atoms with Crippen LogP contribution in [0.3, 0.4) is 0 Å². The van der Waals surface area contributed by atoms with Crippen LogP contribution in [0.15, 0.2) is 36.8 Å². The van der Waals surface area contributed by atoms with Gasteiger partial charge in [-0.15, -0.1) is 0 Å². The average Bonchev–Trinajstić information content (AvgIpc) is 3.08. The molecular formula is C16H19N3O. The van der Waals surface area contributed by atoms with Crippen molar-refractivity contribution in [3.8, 4) is 0 Å². The minimum Gasteiger partial charge on any atom is -0.357 e. The maximum absolute atomic E-state index is 12.4. The van der Waals surface area contributed by atoms with Crippen molar-refractivity contribution in [1.29, 1.82) is 0 Å². The van der Waals surface area contributed by atoms with Crippen molar-refractivity contribution in [3.63, 3.8) is 0 Å². The molecule has 1 atom stereocenters. The zero-order valence-corrected chi connectivity index (χ0v) is 11.7. The standard InChI is InChI=1S/C16H19N3O/c1-12-3-2-8-19(12)16(20)15-10-14(11-18-15)9-13-4-6-17-7-5-13/h4-7,10-12,18H,2-3,8-9H2,1H3. The minimum atomic E-state index is 0.121. The summed E-state index contributed by atoms with van der Waals surface area (Å²) >= 11 is 0. The largest absolute Gasteiger partial charge is 0.357 e. The lowest BCUT2D eigenvalue weighted by Gasteiger charge is -2.20. The van der Waals surface area contributed by atoms with Gasteiger partial charge < -0.3 is 9.88 Å². The lowest BCUT2D eigenvalue weighted by molar-refractivity contribution is 0.0742. The molecule has 1 aliphatic rings. The number of H-pyrrole nitrogens is 1. The third-order valence-electron chi connectivity index (χ3n) is 3.94. The molecule has 1 aliphatic heterocycles. The smallest absolute Gasteiger partial charge is 0.270 e. The number of aromatic amines is 1. The van der Waals surface area contributed by atoms with Crippen LogP contribution in [0.2, 0.25) is 0 Å². The van der Waals surface area contributed by atoms with Crippen LogP contribution >= 0.6 is 0 Å². The Morgan fingerprint density at radius 2 is 2.20 bits per heavy atom. The zero-order valence-electron chi connectivity index (χ0n) is 11.7. The van der Waals surface area contributed by atoms with Crippen molar-refractivity contribution < 1.29 is 4.79 Å². The first-order chi connectivity index (χ1) is 9.74. The van der Waals surface area contributed by atoms with Crippen LogP contribution in [-0.4, -0.2) is 33.4 Å². The molecule has 3 heterocycles. The number of carbonyl (C=O) groups excluding carboxylic acids is 1. The van der Waals surface area contributed by atoms with Crippen LogP contribution in [0.25, 0.3) is 0 Å². The zero-order chi connectivity index (χ0) is 13.9. The molecule has 0 saturated carbocycles. The van der Waals surface area contributed by atoms with E-state index in [1.54, 1.807) is 12.4 Å². The Morgan fingerprint density at radius 1 is 1.40 bits per heavy atom. The summed E-state index contributed by atoms with van der Waals surface area (Å²) in [7, 11) is 0. The molecule has 4 nitrogen and oxygen atoms in total. The van der Waals surface area contributed by atoms with Gasteiger partial charge in [-0.05, 0) is 55.5 Å². The fraction of sp³-hybridized carbons (Fsp3) is 0.375. The van der Waals surface area contributed by atoms with Crippen LogP contribution in [0.5, 0.6) is 0 Å². The van der Waals surface area contributed by atoms with Crippen molar-refractivity contribution in [2.75, 3.05) is 6.54 Å². The van der Waals surface area contributed by atoms with Gasteiger partial charge in [0.05, 0.1) is 0 Å². The predicted octanol–water partition coefficient (Wildman–Crippen LogP) is 2.63. The van der Waals surface area contributed by atoms with E-state index in [0.717, 1.165) is 31.4 Å². The Hall–Kier alpha value is -2.10. The lowest BCUT2D eigenvalue weighted by Crippen LogP contribution is -2.33. The summed E-state index contributed by atoms with van der Waals surface area (Å²) in [5.41, 5.74) is 3.03. The summed E-state index contributed by atoms with van der Waals surface area (Å²) < 4.78 is 0. The molecule has 1 saturated heterocycles. The van der Waals surface area contributed by atoms with E-state index in [1.165, 1.54) is 5.56 Å². The van der Waals surface area contributed by atoms with Gasteiger partial charge in [-0.25, -0.2) is 0 Å². The molecule has 0 aliphatic carbocycles. The predicted molar refractivity (Wildman–Crippen MR) is 77.6 cm³/mol. The van der Waals surface area contributed by atoms with Gasteiger partial charge in [0.1, 0.15) is 5.69 Å². The van der Waals surface area contributed by atoms with Crippen molar-refractivity contribution in [3.05, 3.63) is 53.6 Å². The number of carbonyl (C=O) groups is 1. The van der Waals surface area contributed by atoms with Gasteiger partial charge in [-0.2, -0.15) is 0 Å². The average molecular weight is 269 g/mol. The first kappa shape index (κ1) is 12.9. The Labute approximate surface area is 118 Å². The minimum absolute atomic E-state index is 0.121. The van der Waals surface area contributed by atoms with E-state index in [2.05, 4.69) is 16.9 Å². The van der Waals surface area contributed by atoms with E-state index in [9.17, 15) is 4.79 Å². The molecule has 1 fully saturated rings. The normalized spacial score (nSPS) is 18.4. The van der Waals surface area contributed by atoms with Crippen LogP contribution in [-0.2, 0) is 6.42 Å². The fourth-order valence-corrected chi connectivity index (χ4v) is 2.79. The number of nitrogens with zero attached hydrogens (tertiary/aromatic N) is 2. The van der Waals surface area contributed by atoms with Gasteiger partial charge in [0.2, 0.25) is 0 Å². The number of hydrogen-bond acceptors (Lipinski definition) is 2. The molecule has 0 radical (unpaired) electrons. The quantitative estimate of drug-likeness (QED) is 0.931. The van der Waals surface area contributed by atoms with Crippen LogP contribution < -0.4 is 0 Å². The Balaban J connectivity index is 1.72. The monoisotopic (exact) mass is 269 g/mol. The van der Waals surface area contributed by atoms with E-state index in [1.807, 2.05) is 29.3 Å². The van der Waals surface area contributed by atoms with Gasteiger partial charge in [-0.1, -0.05) is 0 Å². The van der Waals surface area contributed by atoms with Gasteiger partial charge in [0.25, 0.3) is 5.91 Å². The first-order valence-corrected chi connectivity index (χ1v) is 7.11. The molecule has 3 rings (SSSR count). The SMILES string of the molecule is CC1CCCN1C(=O)c1cc(Cc2ccncc2)c[nH]1. The first-order valence-electron chi connectivity index (χ1n) is 7.11. The molecule has 4 heteroatoms. The van der Waals surface area contributed by atoms with Crippen molar-refractivity contribution >= 4 is 5.91 Å². The second kappa shape index (κ2) is 5.49. The highest BCUT2D eigenvalue weighted by atomic mass is 16.2. The lowest BCUT2D eigenvalue weighted by atomic mass is 10.1. The van der Waals surface area contributed by atoms with Gasteiger partial charge in [0.15, 0.2) is 0 Å². The fourth-order valence-electron chi connectivity index (χ4n) is 2.79. The Bertz CT molecular complexity index is 591. The van der Waals surface area contributed by atoms with E-state index in [-0.39, 0.29) is 5.91 Å². The topological polar surface area (TPSA) is 49.0 Å². The molecule has 20 heavy (non-hydrogen) atoms. The number of pyridine rings is 1. The molecule has 1 unspecified atom stereocenters. The number of aromatic nitrogens is 2. The summed E-state index contributed by atoms with van der Waals surface area (Å²) in [5, 5.41) is 0. The summed E-state index contributed by atoms with van der Waals surface area (Å²) in [6, 6.07) is 6.32. The Kier molecular flexibility index (Phi) is 3.54. The van der Waals surface area contributed by atoms with Gasteiger partial charge in [0, 0.05) is 31.2 Å². The Morgan fingerprint density at radius 3 is 2.90 bits per heavy atom. The highest BCUT2D eigenvalue weighted by Crippen LogP contribution is 2.20. The molecule has 104 valence electrons. The van der Waals surface area contributed by atoms with E-state index in [4.69, 9.17) is 0 Å². The van der Waals surface area contributed by atoms with Gasteiger partial charge in [-0.3, -0.25) is 9.78 Å². The third kappa shape index (κ3) is 2.59. The molecule has 2 aromatic rings. The summed E-state index contributed by atoms with van der Waals surface area (Å²) in [4.78, 5) is 21.5. The molecular weight excluding hydrogens is 250 g/mol. The molecule has 0 spiro atoms. The summed E-state index contributed by atoms with van der Waals surface area (Å²) in [6.07, 6.45) is 8.55. The summed E-state index contributed by atoms with van der Waals surface area (Å²) in [5.74, 6) is 0.121. The van der Waals surface area contributed by atoms with Crippen molar-refractivity contribution in [2.24, 2.45) is 0 Å². The number of hydrogen-bond donors (Lipinski definition) is 1. The third-order valence-corrected chi connectivity index (χ3v) is 3.94. The van der Waals surface area contributed by atoms with E-state index >= 15 is 0 Å². The van der Waals surface area contributed by atoms with Gasteiger partial charge >= 0.3 is 0 Å². The summed E-state index contributed by atoms with van der Waals surface area (Å²) in [6.45, 7) is 2.99. The maximum atomic E-state index is 12.4. The number of rotatable bonds is 3. The number of nitrogens with one attached hydrogen (secondary N) is 1. The highest BCUT2D eigenvalue weighted by molar-refractivity contribution is 5.93. The van der Waals surface area contributed by atoms with Crippen LogP contribution in [0.4, 0.5) is 0 Å². The van der Waals surface area contributed by atoms with E-state index < -0.39 is 0 Å². The second-order valence-electron chi connectivity index (χ2n) is 5.44. The van der Waals surface area contributed by atoms with E-state index in [0.29, 0.717) is 11.7 Å².